The zero-order chi connectivity index (χ0) is 13.5. The van der Waals surface area contributed by atoms with Gasteiger partial charge in [0.2, 0.25) is 0 Å². The van der Waals surface area contributed by atoms with Crippen LogP contribution in [0.1, 0.15) is 35.3 Å². The van der Waals surface area contributed by atoms with E-state index in [9.17, 15) is 4.79 Å². The molecule has 0 aliphatic carbocycles. The number of hydrogen-bond acceptors (Lipinski definition) is 4. The number of carboxylic acid groups (broad SMARTS) is 1. The molecule has 1 atom stereocenters. The van der Waals surface area contributed by atoms with E-state index < -0.39 is 5.97 Å². The molecule has 102 valence electrons. The molecular weight excluding hydrogens is 248 g/mol. The molecule has 0 spiro atoms. The van der Waals surface area contributed by atoms with Crippen molar-refractivity contribution in [2.24, 2.45) is 0 Å². The molecule has 1 rings (SSSR count). The van der Waals surface area contributed by atoms with Crippen LogP contribution in [-0.4, -0.2) is 41.7 Å². The molecule has 1 heterocycles. The molecule has 1 unspecified atom stereocenters. The van der Waals surface area contributed by atoms with Crippen LogP contribution < -0.4 is 5.32 Å². The summed E-state index contributed by atoms with van der Waals surface area (Å²) in [7, 11) is 0. The standard InChI is InChI=1S/C13H22N2O2S/c1-4-15(5-2)9-10(3)14-8-11-6-7-12(18-11)13(16)17/h6-7,10,14H,4-5,8-9H2,1-3H3,(H,16,17). The van der Waals surface area contributed by atoms with E-state index in [1.165, 1.54) is 11.3 Å². The summed E-state index contributed by atoms with van der Waals surface area (Å²) in [5.41, 5.74) is 0. The quantitative estimate of drug-likeness (QED) is 0.761. The van der Waals surface area contributed by atoms with Crippen molar-refractivity contribution in [2.45, 2.75) is 33.4 Å². The SMILES string of the molecule is CCN(CC)CC(C)NCc1ccc(C(=O)O)s1. The molecular formula is C13H22N2O2S. The minimum Gasteiger partial charge on any atom is -0.477 e. The van der Waals surface area contributed by atoms with Crippen molar-refractivity contribution < 1.29 is 9.90 Å². The molecule has 2 N–H and O–H groups in total. The largest absolute Gasteiger partial charge is 0.477 e. The van der Waals surface area contributed by atoms with Gasteiger partial charge in [-0.1, -0.05) is 13.8 Å². The van der Waals surface area contributed by atoms with Crippen molar-refractivity contribution in [3.8, 4) is 0 Å². The van der Waals surface area contributed by atoms with Gasteiger partial charge in [-0.2, -0.15) is 0 Å². The molecule has 1 aromatic rings. The highest BCUT2D eigenvalue weighted by Gasteiger charge is 2.09. The Labute approximate surface area is 113 Å². The van der Waals surface area contributed by atoms with Gasteiger partial charge in [0, 0.05) is 24.0 Å². The van der Waals surface area contributed by atoms with Gasteiger partial charge in [0.1, 0.15) is 4.88 Å². The number of aromatic carboxylic acids is 1. The molecule has 0 radical (unpaired) electrons. The van der Waals surface area contributed by atoms with E-state index >= 15 is 0 Å². The van der Waals surface area contributed by atoms with Gasteiger partial charge in [-0.05, 0) is 32.1 Å². The minimum atomic E-state index is -0.845. The third-order valence-electron chi connectivity index (χ3n) is 2.92. The van der Waals surface area contributed by atoms with Crippen LogP contribution in [-0.2, 0) is 6.54 Å². The summed E-state index contributed by atoms with van der Waals surface area (Å²) >= 11 is 1.34. The molecule has 0 aliphatic heterocycles. The van der Waals surface area contributed by atoms with Crippen LogP contribution in [0.5, 0.6) is 0 Å². The fraction of sp³-hybridized carbons (Fsp3) is 0.615. The van der Waals surface area contributed by atoms with E-state index in [-0.39, 0.29) is 0 Å². The van der Waals surface area contributed by atoms with Crippen molar-refractivity contribution in [3.63, 3.8) is 0 Å². The van der Waals surface area contributed by atoms with Crippen LogP contribution in [0.4, 0.5) is 0 Å². The molecule has 1 aromatic heterocycles. The monoisotopic (exact) mass is 270 g/mol. The summed E-state index contributed by atoms with van der Waals surface area (Å²) in [5.74, 6) is -0.845. The summed E-state index contributed by atoms with van der Waals surface area (Å²) in [6, 6.07) is 3.95. The lowest BCUT2D eigenvalue weighted by atomic mass is 10.3. The first-order valence-corrected chi connectivity index (χ1v) is 7.16. The second-order valence-corrected chi connectivity index (χ2v) is 5.51. The predicted molar refractivity (Wildman–Crippen MR) is 75.4 cm³/mol. The molecule has 0 amide bonds. The fourth-order valence-electron chi connectivity index (χ4n) is 1.80. The third-order valence-corrected chi connectivity index (χ3v) is 4.00. The van der Waals surface area contributed by atoms with Gasteiger partial charge in [-0.3, -0.25) is 0 Å². The van der Waals surface area contributed by atoms with Gasteiger partial charge in [-0.15, -0.1) is 11.3 Å². The van der Waals surface area contributed by atoms with Gasteiger partial charge in [-0.25, -0.2) is 4.79 Å². The number of carboxylic acids is 1. The molecule has 0 aliphatic rings. The number of carbonyl (C=O) groups is 1. The summed E-state index contributed by atoms with van der Waals surface area (Å²) in [4.78, 5) is 14.6. The number of thiophene rings is 1. The number of nitrogens with one attached hydrogen (secondary N) is 1. The van der Waals surface area contributed by atoms with Crippen molar-refractivity contribution >= 4 is 17.3 Å². The maximum absolute atomic E-state index is 10.8. The van der Waals surface area contributed by atoms with E-state index in [1.54, 1.807) is 6.07 Å². The second kappa shape index (κ2) is 7.51. The van der Waals surface area contributed by atoms with Gasteiger partial charge in [0.05, 0.1) is 0 Å². The highest BCUT2D eigenvalue weighted by Crippen LogP contribution is 2.16. The predicted octanol–water partition coefficient (Wildman–Crippen LogP) is 2.27. The van der Waals surface area contributed by atoms with E-state index in [0.29, 0.717) is 10.9 Å². The smallest absolute Gasteiger partial charge is 0.345 e. The molecule has 4 nitrogen and oxygen atoms in total. The minimum absolute atomic E-state index is 0.403. The van der Waals surface area contributed by atoms with E-state index in [1.807, 2.05) is 6.07 Å². The van der Waals surface area contributed by atoms with Crippen molar-refractivity contribution in [1.82, 2.24) is 10.2 Å². The van der Waals surface area contributed by atoms with Gasteiger partial charge in [0.25, 0.3) is 0 Å². The average Bonchev–Trinajstić information content (AvgIpc) is 2.82. The summed E-state index contributed by atoms with van der Waals surface area (Å²) < 4.78 is 0. The van der Waals surface area contributed by atoms with Crippen LogP contribution in [0, 0.1) is 0 Å². The van der Waals surface area contributed by atoms with Gasteiger partial charge in [0.15, 0.2) is 0 Å². The zero-order valence-electron chi connectivity index (χ0n) is 11.3. The molecule has 5 heteroatoms. The molecule has 0 fully saturated rings. The average molecular weight is 270 g/mol. The summed E-state index contributed by atoms with van der Waals surface area (Å²) in [5, 5.41) is 12.3. The summed E-state index contributed by atoms with van der Waals surface area (Å²) in [6.07, 6.45) is 0. The Kier molecular flexibility index (Phi) is 6.32. The van der Waals surface area contributed by atoms with Crippen LogP contribution in [0.25, 0.3) is 0 Å². The number of likely N-dealkylation sites (N-methyl/N-ethyl adjacent to an activating group) is 1. The zero-order valence-corrected chi connectivity index (χ0v) is 12.1. The highest BCUT2D eigenvalue weighted by molar-refractivity contribution is 7.13. The normalized spacial score (nSPS) is 12.9. The Morgan fingerprint density at radius 3 is 2.61 bits per heavy atom. The molecule has 0 bridgehead atoms. The first kappa shape index (κ1) is 15.1. The highest BCUT2D eigenvalue weighted by atomic mass is 32.1. The topological polar surface area (TPSA) is 52.6 Å². The fourth-order valence-corrected chi connectivity index (χ4v) is 2.59. The Balaban J connectivity index is 2.37. The first-order valence-electron chi connectivity index (χ1n) is 6.34. The lowest BCUT2D eigenvalue weighted by molar-refractivity contribution is 0.0702. The lowest BCUT2D eigenvalue weighted by Gasteiger charge is -2.23. The lowest BCUT2D eigenvalue weighted by Crippen LogP contribution is -2.38. The summed E-state index contributed by atoms with van der Waals surface area (Å²) in [6.45, 7) is 10.4. The Hall–Kier alpha value is -0.910. The van der Waals surface area contributed by atoms with Gasteiger partial charge >= 0.3 is 5.97 Å². The maximum atomic E-state index is 10.8. The van der Waals surface area contributed by atoms with Crippen LogP contribution in [0.2, 0.25) is 0 Å². The molecule has 0 saturated heterocycles. The number of nitrogens with zero attached hydrogens (tertiary/aromatic N) is 1. The molecule has 0 aromatic carbocycles. The van der Waals surface area contributed by atoms with Crippen molar-refractivity contribution in [3.05, 3.63) is 21.9 Å². The Morgan fingerprint density at radius 1 is 1.44 bits per heavy atom. The van der Waals surface area contributed by atoms with Crippen molar-refractivity contribution in [2.75, 3.05) is 19.6 Å². The second-order valence-electron chi connectivity index (χ2n) is 4.34. The van der Waals surface area contributed by atoms with E-state index in [2.05, 4.69) is 31.0 Å². The Morgan fingerprint density at radius 2 is 2.11 bits per heavy atom. The van der Waals surface area contributed by atoms with Crippen molar-refractivity contribution in [1.29, 1.82) is 0 Å². The molecule has 18 heavy (non-hydrogen) atoms. The Bertz CT molecular complexity index is 375. The van der Waals surface area contributed by atoms with Crippen LogP contribution in [0.3, 0.4) is 0 Å². The maximum Gasteiger partial charge on any atom is 0.345 e. The number of rotatable bonds is 8. The van der Waals surface area contributed by atoms with E-state index in [0.717, 1.165) is 31.1 Å². The van der Waals surface area contributed by atoms with E-state index in [4.69, 9.17) is 5.11 Å². The third kappa shape index (κ3) is 4.76. The number of hydrogen-bond donors (Lipinski definition) is 2. The first-order chi connectivity index (χ1) is 8.56. The van der Waals surface area contributed by atoms with Crippen LogP contribution in [0.15, 0.2) is 12.1 Å². The molecule has 0 saturated carbocycles. The van der Waals surface area contributed by atoms with Crippen LogP contribution >= 0.6 is 11.3 Å². The van der Waals surface area contributed by atoms with Gasteiger partial charge < -0.3 is 15.3 Å².